The van der Waals surface area contributed by atoms with E-state index in [2.05, 4.69) is 32.4 Å². The number of allylic oxidation sites excluding steroid dienone is 1. The van der Waals surface area contributed by atoms with Gasteiger partial charge in [0, 0.05) is 34.8 Å². The van der Waals surface area contributed by atoms with E-state index in [0.29, 0.717) is 17.5 Å². The molecule has 0 aliphatic heterocycles. The van der Waals surface area contributed by atoms with Crippen LogP contribution in [0.4, 0.5) is 0 Å². The first-order valence-electron chi connectivity index (χ1n) is 7.95. The molecule has 0 aliphatic rings. The summed E-state index contributed by atoms with van der Waals surface area (Å²) in [5.74, 6) is 1.24. The van der Waals surface area contributed by atoms with Crippen LogP contribution in [0.3, 0.4) is 0 Å². The van der Waals surface area contributed by atoms with Crippen LogP contribution in [0, 0.1) is 13.8 Å². The second-order valence-electron chi connectivity index (χ2n) is 5.72. The predicted molar refractivity (Wildman–Crippen MR) is 103 cm³/mol. The van der Waals surface area contributed by atoms with E-state index in [4.69, 9.17) is 0 Å². The van der Waals surface area contributed by atoms with Gasteiger partial charge in [-0.1, -0.05) is 23.9 Å². The Labute approximate surface area is 155 Å². The zero-order valence-electron chi connectivity index (χ0n) is 14.3. The molecule has 3 rings (SSSR count). The lowest BCUT2D eigenvalue weighted by Crippen LogP contribution is -2.06. The summed E-state index contributed by atoms with van der Waals surface area (Å²) in [5, 5.41) is 9.80. The second kappa shape index (κ2) is 7.84. The number of ketones is 1. The quantitative estimate of drug-likeness (QED) is 0.368. The van der Waals surface area contributed by atoms with Gasteiger partial charge in [-0.15, -0.1) is 23.0 Å². The van der Waals surface area contributed by atoms with Crippen LogP contribution in [-0.2, 0) is 13.0 Å². The van der Waals surface area contributed by atoms with Crippen molar-refractivity contribution in [2.75, 3.05) is 5.75 Å². The largest absolute Gasteiger partial charge is 0.345 e. The summed E-state index contributed by atoms with van der Waals surface area (Å²) < 4.78 is 2.09. The van der Waals surface area contributed by atoms with Gasteiger partial charge < -0.3 is 4.57 Å². The van der Waals surface area contributed by atoms with Gasteiger partial charge in [-0.2, -0.15) is 0 Å². The van der Waals surface area contributed by atoms with Crippen LogP contribution >= 0.6 is 23.1 Å². The van der Waals surface area contributed by atoms with E-state index in [-0.39, 0.29) is 5.78 Å². The Morgan fingerprint density at radius 2 is 2.32 bits per heavy atom. The molecule has 3 aromatic heterocycles. The number of hydrogen-bond donors (Lipinski definition) is 1. The highest BCUT2D eigenvalue weighted by atomic mass is 32.2. The van der Waals surface area contributed by atoms with Crippen LogP contribution < -0.4 is 0 Å². The molecular weight excluding hydrogens is 352 g/mol. The number of aromatic amines is 1. The Kier molecular flexibility index (Phi) is 5.55. The Balaban J connectivity index is 1.62. The highest BCUT2D eigenvalue weighted by Crippen LogP contribution is 2.21. The highest BCUT2D eigenvalue weighted by Gasteiger charge is 2.16. The molecule has 0 atom stereocenters. The molecule has 0 saturated carbocycles. The lowest BCUT2D eigenvalue weighted by atomic mass is 10.2. The van der Waals surface area contributed by atoms with Gasteiger partial charge in [0.05, 0.1) is 5.75 Å². The van der Waals surface area contributed by atoms with Crippen molar-refractivity contribution < 1.29 is 4.79 Å². The van der Waals surface area contributed by atoms with Crippen LogP contribution in [0.5, 0.6) is 0 Å². The molecule has 0 unspecified atom stereocenters. The second-order valence-corrected chi connectivity index (χ2v) is 7.69. The molecule has 0 radical (unpaired) electrons. The third-order valence-corrected chi connectivity index (χ3v) is 5.67. The predicted octanol–water partition coefficient (Wildman–Crippen LogP) is 4.04. The summed E-state index contributed by atoms with van der Waals surface area (Å²) in [4.78, 5) is 18.2. The van der Waals surface area contributed by atoms with Crippen LogP contribution in [0.25, 0.3) is 0 Å². The average Bonchev–Trinajstić information content (AvgIpc) is 3.31. The van der Waals surface area contributed by atoms with Crippen LogP contribution in [0.2, 0.25) is 0 Å². The van der Waals surface area contributed by atoms with Crippen LogP contribution in [-0.4, -0.2) is 31.3 Å². The lowest BCUT2D eigenvalue weighted by molar-refractivity contribution is 0.102. The molecule has 0 amide bonds. The number of rotatable bonds is 8. The normalized spacial score (nSPS) is 11.0. The van der Waals surface area contributed by atoms with Crippen LogP contribution in [0.15, 0.2) is 41.4 Å². The van der Waals surface area contributed by atoms with Gasteiger partial charge in [-0.3, -0.25) is 9.89 Å². The fourth-order valence-corrected chi connectivity index (χ4v) is 4.11. The maximum Gasteiger partial charge on any atom is 0.208 e. The van der Waals surface area contributed by atoms with E-state index in [9.17, 15) is 4.79 Å². The number of aryl methyl sites for hydroxylation is 1. The topological polar surface area (TPSA) is 63.6 Å². The standard InChI is InChI=1S/C18H20N4OS2/c1-4-7-22-12(2)9-15(13(22)3)16(23)11-25-18-19-17(20-21-18)10-14-6-5-8-24-14/h4-6,8-9H,1,7,10-11H2,2-3H3,(H,19,20,21). The number of carbonyl (C=O) groups is 1. The molecular formula is C18H20N4OS2. The first-order valence-corrected chi connectivity index (χ1v) is 9.82. The molecule has 0 aromatic carbocycles. The zero-order valence-corrected chi connectivity index (χ0v) is 15.9. The van der Waals surface area contributed by atoms with E-state index in [1.807, 2.05) is 37.4 Å². The molecule has 130 valence electrons. The number of aromatic nitrogens is 4. The summed E-state index contributed by atoms with van der Waals surface area (Å²) in [6.07, 6.45) is 2.58. The van der Waals surface area contributed by atoms with Gasteiger partial charge in [-0.25, -0.2) is 4.98 Å². The molecule has 1 N–H and O–H groups in total. The van der Waals surface area contributed by atoms with Crippen molar-refractivity contribution in [2.24, 2.45) is 0 Å². The van der Waals surface area contributed by atoms with Crippen molar-refractivity contribution in [3.05, 3.63) is 63.9 Å². The number of nitrogens with zero attached hydrogens (tertiary/aromatic N) is 3. The summed E-state index contributed by atoms with van der Waals surface area (Å²) in [7, 11) is 0. The molecule has 0 fully saturated rings. The molecule has 0 bridgehead atoms. The van der Waals surface area contributed by atoms with Crippen LogP contribution in [0.1, 0.15) is 32.4 Å². The molecule has 0 aliphatic carbocycles. The number of H-pyrrole nitrogens is 1. The maximum atomic E-state index is 12.5. The lowest BCUT2D eigenvalue weighted by Gasteiger charge is -2.05. The summed E-state index contributed by atoms with van der Waals surface area (Å²) in [6, 6.07) is 6.04. The monoisotopic (exact) mass is 372 g/mol. The highest BCUT2D eigenvalue weighted by molar-refractivity contribution is 7.99. The fourth-order valence-electron chi connectivity index (χ4n) is 2.70. The van der Waals surface area contributed by atoms with Crippen molar-refractivity contribution in [3.8, 4) is 0 Å². The van der Waals surface area contributed by atoms with Gasteiger partial charge in [0.1, 0.15) is 5.82 Å². The number of Topliss-reactive ketones (excluding diaryl/α,β-unsaturated/α-hetero) is 1. The third-order valence-electron chi connectivity index (χ3n) is 3.95. The molecule has 3 heterocycles. The number of thioether (sulfide) groups is 1. The molecule has 7 heteroatoms. The van der Waals surface area contributed by atoms with E-state index in [1.165, 1.54) is 16.6 Å². The minimum Gasteiger partial charge on any atom is -0.345 e. The van der Waals surface area contributed by atoms with Crippen molar-refractivity contribution in [3.63, 3.8) is 0 Å². The number of hydrogen-bond acceptors (Lipinski definition) is 5. The Morgan fingerprint density at radius 1 is 1.48 bits per heavy atom. The van der Waals surface area contributed by atoms with E-state index < -0.39 is 0 Å². The smallest absolute Gasteiger partial charge is 0.208 e. The minimum absolute atomic E-state index is 0.0954. The first kappa shape index (κ1) is 17.7. The van der Waals surface area contributed by atoms with Gasteiger partial charge in [0.25, 0.3) is 0 Å². The molecule has 0 spiro atoms. The fraction of sp³-hybridized carbons (Fsp3) is 0.278. The molecule has 25 heavy (non-hydrogen) atoms. The van der Waals surface area contributed by atoms with Crippen molar-refractivity contribution in [2.45, 2.75) is 32.0 Å². The van der Waals surface area contributed by atoms with Gasteiger partial charge in [0.15, 0.2) is 5.78 Å². The van der Waals surface area contributed by atoms with Gasteiger partial charge in [0.2, 0.25) is 5.16 Å². The summed E-state index contributed by atoms with van der Waals surface area (Å²) in [6.45, 7) is 8.46. The molecule has 5 nitrogen and oxygen atoms in total. The zero-order chi connectivity index (χ0) is 17.8. The first-order chi connectivity index (χ1) is 12.1. The van der Waals surface area contributed by atoms with Crippen molar-refractivity contribution in [1.29, 1.82) is 0 Å². The Hall–Kier alpha value is -2.12. The number of carbonyl (C=O) groups excluding carboxylic acids is 1. The van der Waals surface area contributed by atoms with Gasteiger partial charge in [-0.05, 0) is 31.4 Å². The Bertz CT molecular complexity index is 877. The molecule has 3 aromatic rings. The average molecular weight is 373 g/mol. The van der Waals surface area contributed by atoms with E-state index >= 15 is 0 Å². The van der Waals surface area contributed by atoms with Crippen molar-refractivity contribution in [1.82, 2.24) is 19.7 Å². The third kappa shape index (κ3) is 4.11. The minimum atomic E-state index is 0.0954. The number of nitrogens with one attached hydrogen (secondary N) is 1. The van der Waals surface area contributed by atoms with E-state index in [1.54, 1.807) is 11.3 Å². The number of thiophene rings is 1. The summed E-state index contributed by atoms with van der Waals surface area (Å²) in [5.41, 5.74) is 2.82. The maximum absolute atomic E-state index is 12.5. The Morgan fingerprint density at radius 3 is 3.04 bits per heavy atom. The van der Waals surface area contributed by atoms with Crippen molar-refractivity contribution >= 4 is 28.9 Å². The molecule has 0 saturated heterocycles. The SMILES string of the molecule is C=CCn1c(C)cc(C(=O)CSc2n[nH]c(Cc3cccs3)n2)c1C. The van der Waals surface area contributed by atoms with Gasteiger partial charge >= 0.3 is 0 Å². The summed E-state index contributed by atoms with van der Waals surface area (Å²) >= 11 is 3.06. The van der Waals surface area contributed by atoms with E-state index in [0.717, 1.165) is 29.2 Å².